The Balaban J connectivity index is 1.44. The standard InChI is InChI=1S/C19H21N5O2/c1-26-15-8-2-5-13(11-15)12-20-19(25)21-16-9-4-10-24-18(16)22-17(23-24)14-6-3-7-14/h2,4-5,8-11,14H,3,6-7,12H2,1H3,(H2,20,21,25). The molecule has 1 fully saturated rings. The van der Waals surface area contributed by atoms with E-state index in [0.717, 1.165) is 30.0 Å². The summed E-state index contributed by atoms with van der Waals surface area (Å²) in [5.74, 6) is 2.08. The number of nitrogens with zero attached hydrogens (tertiary/aromatic N) is 3. The molecular weight excluding hydrogens is 330 g/mol. The molecule has 1 aromatic carbocycles. The zero-order chi connectivity index (χ0) is 17.9. The number of pyridine rings is 1. The molecule has 0 atom stereocenters. The normalized spacial score (nSPS) is 14.0. The first kappa shape index (κ1) is 16.4. The fourth-order valence-electron chi connectivity index (χ4n) is 2.99. The molecule has 0 radical (unpaired) electrons. The number of aromatic nitrogens is 3. The molecule has 26 heavy (non-hydrogen) atoms. The number of ether oxygens (including phenoxy) is 1. The van der Waals surface area contributed by atoms with Crippen LogP contribution in [-0.2, 0) is 6.54 Å². The summed E-state index contributed by atoms with van der Waals surface area (Å²) in [6.45, 7) is 0.409. The second-order valence-electron chi connectivity index (χ2n) is 6.45. The maximum absolute atomic E-state index is 12.3. The summed E-state index contributed by atoms with van der Waals surface area (Å²) in [7, 11) is 1.62. The second-order valence-corrected chi connectivity index (χ2v) is 6.45. The van der Waals surface area contributed by atoms with E-state index in [4.69, 9.17) is 4.74 Å². The molecular formula is C19H21N5O2. The summed E-state index contributed by atoms with van der Waals surface area (Å²) < 4.78 is 6.92. The molecule has 0 unspecified atom stereocenters. The first-order valence-corrected chi connectivity index (χ1v) is 8.76. The molecule has 0 spiro atoms. The molecule has 1 aliphatic carbocycles. The Morgan fingerprint density at radius 3 is 2.96 bits per heavy atom. The van der Waals surface area contributed by atoms with Gasteiger partial charge in [0, 0.05) is 18.7 Å². The van der Waals surface area contributed by atoms with Crippen molar-refractivity contribution in [2.24, 2.45) is 0 Å². The van der Waals surface area contributed by atoms with E-state index in [0.29, 0.717) is 23.8 Å². The van der Waals surface area contributed by atoms with Gasteiger partial charge in [-0.3, -0.25) is 0 Å². The molecule has 0 aliphatic heterocycles. The van der Waals surface area contributed by atoms with E-state index in [-0.39, 0.29) is 6.03 Å². The SMILES string of the molecule is COc1cccc(CNC(=O)Nc2cccn3nc(C4CCC4)nc23)c1. The maximum atomic E-state index is 12.3. The largest absolute Gasteiger partial charge is 0.497 e. The summed E-state index contributed by atoms with van der Waals surface area (Å²) in [5, 5.41) is 10.3. The molecule has 7 heteroatoms. The van der Waals surface area contributed by atoms with Gasteiger partial charge in [0.15, 0.2) is 11.5 Å². The molecule has 7 nitrogen and oxygen atoms in total. The van der Waals surface area contributed by atoms with Crippen LogP contribution in [0.3, 0.4) is 0 Å². The number of urea groups is 1. The number of hydrogen-bond acceptors (Lipinski definition) is 4. The van der Waals surface area contributed by atoms with Gasteiger partial charge in [-0.05, 0) is 42.7 Å². The molecule has 0 saturated heterocycles. The number of fused-ring (bicyclic) bond motifs is 1. The highest BCUT2D eigenvalue weighted by Gasteiger charge is 2.24. The Morgan fingerprint density at radius 1 is 1.31 bits per heavy atom. The van der Waals surface area contributed by atoms with Gasteiger partial charge in [0.1, 0.15) is 5.75 Å². The van der Waals surface area contributed by atoms with Crippen LogP contribution < -0.4 is 15.4 Å². The van der Waals surface area contributed by atoms with Crippen molar-refractivity contribution in [2.75, 3.05) is 12.4 Å². The molecule has 134 valence electrons. The Kier molecular flexibility index (Phi) is 4.43. The highest BCUT2D eigenvalue weighted by atomic mass is 16.5. The van der Waals surface area contributed by atoms with Gasteiger partial charge in [-0.15, -0.1) is 0 Å². The summed E-state index contributed by atoms with van der Waals surface area (Å²) in [5.41, 5.74) is 2.28. The predicted molar refractivity (Wildman–Crippen MR) is 98.4 cm³/mol. The number of hydrogen-bond donors (Lipinski definition) is 2. The van der Waals surface area contributed by atoms with Crippen LogP contribution in [0.1, 0.15) is 36.6 Å². The molecule has 1 saturated carbocycles. The number of carbonyl (C=O) groups is 1. The van der Waals surface area contributed by atoms with Crippen LogP contribution in [0.15, 0.2) is 42.6 Å². The summed E-state index contributed by atoms with van der Waals surface area (Å²) in [6, 6.07) is 11.0. The number of benzene rings is 1. The highest BCUT2D eigenvalue weighted by Crippen LogP contribution is 2.34. The molecule has 4 rings (SSSR count). The second kappa shape index (κ2) is 7.03. The van der Waals surface area contributed by atoms with Gasteiger partial charge in [-0.1, -0.05) is 18.6 Å². The monoisotopic (exact) mass is 351 g/mol. The number of carbonyl (C=O) groups excluding carboxylic acids is 1. The van der Waals surface area contributed by atoms with Gasteiger partial charge < -0.3 is 15.4 Å². The summed E-state index contributed by atoms with van der Waals surface area (Å²) in [4.78, 5) is 16.9. The molecule has 3 aromatic rings. The fraction of sp³-hybridized carbons (Fsp3) is 0.316. The van der Waals surface area contributed by atoms with E-state index >= 15 is 0 Å². The smallest absolute Gasteiger partial charge is 0.319 e. The lowest BCUT2D eigenvalue weighted by Crippen LogP contribution is -2.28. The van der Waals surface area contributed by atoms with Gasteiger partial charge >= 0.3 is 6.03 Å². The van der Waals surface area contributed by atoms with Crippen LogP contribution in [0, 0.1) is 0 Å². The lowest BCUT2D eigenvalue weighted by atomic mass is 9.85. The van der Waals surface area contributed by atoms with Crippen LogP contribution in [0.25, 0.3) is 5.65 Å². The molecule has 2 heterocycles. The number of amides is 2. The molecule has 2 N–H and O–H groups in total. The number of nitrogens with one attached hydrogen (secondary N) is 2. The van der Waals surface area contributed by atoms with Crippen molar-refractivity contribution >= 4 is 17.4 Å². The summed E-state index contributed by atoms with van der Waals surface area (Å²) >= 11 is 0. The number of methoxy groups -OCH3 is 1. The van der Waals surface area contributed by atoms with Crippen molar-refractivity contribution in [2.45, 2.75) is 31.7 Å². The van der Waals surface area contributed by atoms with E-state index in [1.165, 1.54) is 6.42 Å². The molecule has 1 aliphatic rings. The van der Waals surface area contributed by atoms with Crippen molar-refractivity contribution in [1.29, 1.82) is 0 Å². The minimum absolute atomic E-state index is 0.283. The van der Waals surface area contributed by atoms with Crippen molar-refractivity contribution in [1.82, 2.24) is 19.9 Å². The topological polar surface area (TPSA) is 80.5 Å². The van der Waals surface area contributed by atoms with Crippen molar-refractivity contribution in [3.05, 3.63) is 54.0 Å². The third kappa shape index (κ3) is 3.33. The minimum atomic E-state index is -0.283. The zero-order valence-electron chi connectivity index (χ0n) is 14.6. The van der Waals surface area contributed by atoms with Crippen LogP contribution in [0.4, 0.5) is 10.5 Å². The lowest BCUT2D eigenvalue weighted by molar-refractivity contribution is 0.251. The van der Waals surface area contributed by atoms with Crippen molar-refractivity contribution in [3.8, 4) is 5.75 Å². The number of anilines is 1. The maximum Gasteiger partial charge on any atom is 0.319 e. The van der Waals surface area contributed by atoms with Gasteiger partial charge in [0.25, 0.3) is 0 Å². The third-order valence-electron chi connectivity index (χ3n) is 4.68. The Morgan fingerprint density at radius 2 is 2.19 bits per heavy atom. The highest BCUT2D eigenvalue weighted by molar-refractivity contribution is 5.92. The van der Waals surface area contributed by atoms with Crippen molar-refractivity contribution < 1.29 is 9.53 Å². The minimum Gasteiger partial charge on any atom is -0.497 e. The van der Waals surface area contributed by atoms with Gasteiger partial charge in [-0.2, -0.15) is 5.10 Å². The molecule has 2 aromatic heterocycles. The Labute approximate surface area is 151 Å². The number of rotatable bonds is 5. The van der Waals surface area contributed by atoms with Gasteiger partial charge in [-0.25, -0.2) is 14.3 Å². The quantitative estimate of drug-likeness (QED) is 0.739. The average molecular weight is 351 g/mol. The van der Waals surface area contributed by atoms with Crippen molar-refractivity contribution in [3.63, 3.8) is 0 Å². The fourth-order valence-corrected chi connectivity index (χ4v) is 2.99. The van der Waals surface area contributed by atoms with Crippen LogP contribution in [0.2, 0.25) is 0 Å². The predicted octanol–water partition coefficient (Wildman–Crippen LogP) is 3.33. The zero-order valence-corrected chi connectivity index (χ0v) is 14.6. The molecule has 2 amide bonds. The first-order valence-electron chi connectivity index (χ1n) is 8.76. The van der Waals surface area contributed by atoms with E-state index in [9.17, 15) is 4.79 Å². The summed E-state index contributed by atoms with van der Waals surface area (Å²) in [6.07, 6.45) is 5.36. The first-order chi connectivity index (χ1) is 12.7. The van der Waals surface area contributed by atoms with Crippen LogP contribution in [0.5, 0.6) is 5.75 Å². The van der Waals surface area contributed by atoms with Crippen LogP contribution >= 0.6 is 0 Å². The van der Waals surface area contributed by atoms with E-state index < -0.39 is 0 Å². The third-order valence-corrected chi connectivity index (χ3v) is 4.68. The van der Waals surface area contributed by atoms with E-state index in [2.05, 4.69) is 20.7 Å². The Hall–Kier alpha value is -3.09. The van der Waals surface area contributed by atoms with Gasteiger partial charge in [0.05, 0.1) is 12.8 Å². The van der Waals surface area contributed by atoms with Crippen LogP contribution in [-0.4, -0.2) is 27.7 Å². The van der Waals surface area contributed by atoms with E-state index in [1.54, 1.807) is 11.6 Å². The Bertz CT molecular complexity index is 933. The van der Waals surface area contributed by atoms with E-state index in [1.807, 2.05) is 42.6 Å². The lowest BCUT2D eigenvalue weighted by Gasteiger charge is -2.21. The molecule has 0 bridgehead atoms. The van der Waals surface area contributed by atoms with Gasteiger partial charge in [0.2, 0.25) is 0 Å². The average Bonchev–Trinajstić information content (AvgIpc) is 3.03.